The highest BCUT2D eigenvalue weighted by molar-refractivity contribution is 7.18. The lowest BCUT2D eigenvalue weighted by Gasteiger charge is -2.17. The summed E-state index contributed by atoms with van der Waals surface area (Å²) in [4.78, 5) is 15.3. The van der Waals surface area contributed by atoms with Gasteiger partial charge in [-0.1, -0.05) is 20.3 Å². The van der Waals surface area contributed by atoms with Crippen molar-refractivity contribution in [3.05, 3.63) is 27.3 Å². The van der Waals surface area contributed by atoms with Crippen LogP contribution in [0.25, 0.3) is 10.2 Å². The third kappa shape index (κ3) is 3.07. The quantitative estimate of drug-likeness (QED) is 0.628. The molecule has 6 heteroatoms. The van der Waals surface area contributed by atoms with E-state index < -0.39 is 0 Å². The molecule has 1 aromatic carbocycles. The zero-order chi connectivity index (χ0) is 14.7. The van der Waals surface area contributed by atoms with E-state index in [2.05, 4.69) is 24.1 Å². The summed E-state index contributed by atoms with van der Waals surface area (Å²) in [6.07, 6.45) is 3.00. The maximum Gasteiger partial charge on any atom is 0.293 e. The maximum absolute atomic E-state index is 11.2. The van der Waals surface area contributed by atoms with Gasteiger partial charge in [0.05, 0.1) is 20.1 Å². The number of rotatable bonds is 6. The molecule has 108 valence electrons. The number of nitro benzene ring substituents is 1. The lowest BCUT2D eigenvalue weighted by Crippen LogP contribution is -2.18. The van der Waals surface area contributed by atoms with Crippen LogP contribution in [0, 0.1) is 17.0 Å². The van der Waals surface area contributed by atoms with Crippen molar-refractivity contribution in [2.75, 3.05) is 5.32 Å². The second kappa shape index (κ2) is 6.17. The zero-order valence-corrected chi connectivity index (χ0v) is 12.8. The van der Waals surface area contributed by atoms with E-state index in [9.17, 15) is 10.1 Å². The molecule has 2 rings (SSSR count). The van der Waals surface area contributed by atoms with E-state index in [0.29, 0.717) is 5.69 Å². The smallest absolute Gasteiger partial charge is 0.293 e. The van der Waals surface area contributed by atoms with Crippen molar-refractivity contribution in [3.8, 4) is 0 Å². The molecular formula is C14H19N3O2S. The van der Waals surface area contributed by atoms with Gasteiger partial charge in [0.15, 0.2) is 0 Å². The van der Waals surface area contributed by atoms with Crippen molar-refractivity contribution in [2.24, 2.45) is 0 Å². The molecule has 0 bridgehead atoms. The highest BCUT2D eigenvalue weighted by atomic mass is 32.1. The molecule has 1 aromatic heterocycles. The molecule has 0 aliphatic heterocycles. The van der Waals surface area contributed by atoms with Gasteiger partial charge in [0, 0.05) is 12.1 Å². The maximum atomic E-state index is 11.2. The first-order chi connectivity index (χ1) is 9.55. The third-order valence-corrected chi connectivity index (χ3v) is 4.23. The van der Waals surface area contributed by atoms with Crippen molar-refractivity contribution in [1.82, 2.24) is 4.98 Å². The molecule has 0 aliphatic carbocycles. The topological polar surface area (TPSA) is 68.1 Å². The first-order valence-corrected chi connectivity index (χ1v) is 7.68. The Morgan fingerprint density at radius 3 is 2.80 bits per heavy atom. The van der Waals surface area contributed by atoms with E-state index in [1.54, 1.807) is 12.1 Å². The summed E-state index contributed by atoms with van der Waals surface area (Å²) in [7, 11) is 0. The molecule has 20 heavy (non-hydrogen) atoms. The number of nitrogens with one attached hydrogen (secondary N) is 1. The standard InChI is InChI=1S/C14H19N3O2S/c1-4-6-10(5-2)16-11-7-12-14(20-9(3)15-12)8-13(11)17(18)19/h7-8,10,16H,4-6H2,1-3H3. The molecule has 2 aromatic rings. The predicted molar refractivity (Wildman–Crippen MR) is 83.6 cm³/mol. The molecule has 1 unspecified atom stereocenters. The Hall–Kier alpha value is -1.69. The summed E-state index contributed by atoms with van der Waals surface area (Å²) in [5.41, 5.74) is 1.54. The van der Waals surface area contributed by atoms with Crippen LogP contribution < -0.4 is 5.32 Å². The van der Waals surface area contributed by atoms with Gasteiger partial charge in [-0.25, -0.2) is 4.98 Å². The molecule has 5 nitrogen and oxygen atoms in total. The fourth-order valence-corrected chi connectivity index (χ4v) is 3.13. The molecule has 1 N–H and O–H groups in total. The number of thiazole rings is 1. The van der Waals surface area contributed by atoms with Crippen LogP contribution in [-0.4, -0.2) is 15.9 Å². The van der Waals surface area contributed by atoms with Crippen LogP contribution in [0.5, 0.6) is 0 Å². The van der Waals surface area contributed by atoms with Gasteiger partial charge in [-0.2, -0.15) is 0 Å². The Labute approximate surface area is 122 Å². The van der Waals surface area contributed by atoms with E-state index >= 15 is 0 Å². The summed E-state index contributed by atoms with van der Waals surface area (Å²) in [5.74, 6) is 0. The highest BCUT2D eigenvalue weighted by Gasteiger charge is 2.19. The lowest BCUT2D eigenvalue weighted by atomic mass is 10.1. The Bertz CT molecular complexity index is 624. The van der Waals surface area contributed by atoms with Crippen molar-refractivity contribution < 1.29 is 4.92 Å². The number of hydrogen-bond acceptors (Lipinski definition) is 5. The Kier molecular flexibility index (Phi) is 4.54. The minimum absolute atomic E-state index is 0.135. The van der Waals surface area contributed by atoms with Gasteiger partial charge < -0.3 is 5.32 Å². The summed E-state index contributed by atoms with van der Waals surface area (Å²) >= 11 is 1.48. The SMILES string of the molecule is CCCC(CC)Nc1cc2nc(C)sc2cc1[N+](=O)[O-]. The molecule has 1 atom stereocenters. The van der Waals surface area contributed by atoms with Gasteiger partial charge in [0.25, 0.3) is 5.69 Å². The first kappa shape index (κ1) is 14.7. The molecule has 0 spiro atoms. The zero-order valence-electron chi connectivity index (χ0n) is 12.0. The first-order valence-electron chi connectivity index (χ1n) is 6.87. The minimum atomic E-state index is -0.324. The van der Waals surface area contributed by atoms with Crippen molar-refractivity contribution in [1.29, 1.82) is 0 Å². The number of aromatic nitrogens is 1. The monoisotopic (exact) mass is 293 g/mol. The van der Waals surface area contributed by atoms with Crippen LogP contribution in [0.4, 0.5) is 11.4 Å². The number of fused-ring (bicyclic) bond motifs is 1. The molecular weight excluding hydrogens is 274 g/mol. The van der Waals surface area contributed by atoms with Crippen LogP contribution in [0.2, 0.25) is 0 Å². The van der Waals surface area contributed by atoms with Crippen LogP contribution in [0.15, 0.2) is 12.1 Å². The van der Waals surface area contributed by atoms with Crippen LogP contribution in [0.3, 0.4) is 0 Å². The van der Waals surface area contributed by atoms with E-state index in [1.165, 1.54) is 11.3 Å². The number of nitro groups is 1. The largest absolute Gasteiger partial charge is 0.377 e. The van der Waals surface area contributed by atoms with Gasteiger partial charge in [0.1, 0.15) is 5.69 Å². The molecule has 0 aliphatic rings. The van der Waals surface area contributed by atoms with Gasteiger partial charge in [-0.05, 0) is 25.8 Å². The van der Waals surface area contributed by atoms with E-state index in [0.717, 1.165) is 34.5 Å². The van der Waals surface area contributed by atoms with Gasteiger partial charge in [-0.3, -0.25) is 10.1 Å². The molecule has 0 amide bonds. The van der Waals surface area contributed by atoms with E-state index in [4.69, 9.17) is 0 Å². The normalized spacial score (nSPS) is 12.6. The number of benzene rings is 1. The summed E-state index contributed by atoms with van der Waals surface area (Å²) < 4.78 is 0.864. The highest BCUT2D eigenvalue weighted by Crippen LogP contribution is 2.33. The van der Waals surface area contributed by atoms with Crippen molar-refractivity contribution in [3.63, 3.8) is 0 Å². The summed E-state index contributed by atoms with van der Waals surface area (Å²) in [5, 5.41) is 15.5. The third-order valence-electron chi connectivity index (χ3n) is 3.30. The lowest BCUT2D eigenvalue weighted by molar-refractivity contribution is -0.383. The fraction of sp³-hybridized carbons (Fsp3) is 0.500. The number of aryl methyl sites for hydroxylation is 1. The van der Waals surface area contributed by atoms with Crippen LogP contribution >= 0.6 is 11.3 Å². The molecule has 1 heterocycles. The molecule has 0 saturated heterocycles. The van der Waals surface area contributed by atoms with Crippen LogP contribution in [-0.2, 0) is 0 Å². The van der Waals surface area contributed by atoms with Crippen LogP contribution in [0.1, 0.15) is 38.1 Å². The molecule has 0 radical (unpaired) electrons. The number of nitrogens with zero attached hydrogens (tertiary/aromatic N) is 2. The Balaban J connectivity index is 2.43. The minimum Gasteiger partial charge on any atom is -0.377 e. The molecule has 0 saturated carbocycles. The molecule has 0 fully saturated rings. The summed E-state index contributed by atoms with van der Waals surface area (Å²) in [6, 6.07) is 3.69. The van der Waals surface area contributed by atoms with E-state index in [-0.39, 0.29) is 16.7 Å². The number of anilines is 1. The van der Waals surface area contributed by atoms with Gasteiger partial charge >= 0.3 is 0 Å². The fourth-order valence-electron chi connectivity index (χ4n) is 2.29. The second-order valence-corrected chi connectivity index (χ2v) is 6.10. The second-order valence-electron chi connectivity index (χ2n) is 4.87. The van der Waals surface area contributed by atoms with E-state index in [1.807, 2.05) is 6.92 Å². The predicted octanol–water partition coefficient (Wildman–Crippen LogP) is 4.50. The average molecular weight is 293 g/mol. The Morgan fingerprint density at radius 2 is 2.20 bits per heavy atom. The van der Waals surface area contributed by atoms with Crippen molar-refractivity contribution >= 4 is 32.9 Å². The van der Waals surface area contributed by atoms with Crippen molar-refractivity contribution in [2.45, 2.75) is 46.1 Å². The number of hydrogen-bond donors (Lipinski definition) is 1. The Morgan fingerprint density at radius 1 is 1.45 bits per heavy atom. The van der Waals surface area contributed by atoms with Gasteiger partial charge in [0.2, 0.25) is 0 Å². The van der Waals surface area contributed by atoms with Gasteiger partial charge in [-0.15, -0.1) is 11.3 Å². The average Bonchev–Trinajstić information content (AvgIpc) is 2.76. The summed E-state index contributed by atoms with van der Waals surface area (Å²) in [6.45, 7) is 6.12.